The fourth-order valence-corrected chi connectivity index (χ4v) is 1.40. The maximum atomic E-state index is 13.5. The van der Waals surface area contributed by atoms with Gasteiger partial charge in [0.1, 0.15) is 5.75 Å². The molecule has 0 heterocycles. The van der Waals surface area contributed by atoms with E-state index in [4.69, 9.17) is 9.84 Å². The summed E-state index contributed by atoms with van der Waals surface area (Å²) in [7, 11) is 0. The smallest absolute Gasteiger partial charge is 0.168 e. The summed E-state index contributed by atoms with van der Waals surface area (Å²) < 4.78 is 18.9. The van der Waals surface area contributed by atoms with E-state index in [9.17, 15) is 4.39 Å². The van der Waals surface area contributed by atoms with Gasteiger partial charge in [-0.1, -0.05) is 30.3 Å². The van der Waals surface area contributed by atoms with Crippen molar-refractivity contribution < 1.29 is 14.2 Å². The zero-order valence-corrected chi connectivity index (χ0v) is 8.56. The maximum absolute atomic E-state index is 13.5. The molecular formula is C13H11FO2. The molecule has 1 N–H and O–H groups in total. The van der Waals surface area contributed by atoms with Crippen LogP contribution in [0.1, 0.15) is 5.56 Å². The topological polar surface area (TPSA) is 29.5 Å². The highest BCUT2D eigenvalue weighted by atomic mass is 19.1. The van der Waals surface area contributed by atoms with Gasteiger partial charge in [0.05, 0.1) is 6.61 Å². The lowest BCUT2D eigenvalue weighted by atomic mass is 10.2. The van der Waals surface area contributed by atoms with Gasteiger partial charge in [-0.15, -0.1) is 0 Å². The number of benzene rings is 2. The molecule has 0 aliphatic heterocycles. The molecule has 82 valence electrons. The molecule has 0 spiro atoms. The predicted octanol–water partition coefficient (Wildman–Crippen LogP) is 3.11. The summed E-state index contributed by atoms with van der Waals surface area (Å²) in [6, 6.07) is 13.4. The molecule has 0 aromatic heterocycles. The van der Waals surface area contributed by atoms with Gasteiger partial charge in [-0.3, -0.25) is 0 Å². The minimum atomic E-state index is -0.476. The van der Waals surface area contributed by atoms with E-state index in [0.717, 1.165) is 0 Å². The molecular weight excluding hydrogens is 207 g/mol. The van der Waals surface area contributed by atoms with Crippen molar-refractivity contribution in [1.82, 2.24) is 0 Å². The molecule has 0 radical (unpaired) electrons. The van der Waals surface area contributed by atoms with Crippen LogP contribution in [-0.4, -0.2) is 5.11 Å². The Balaban J connectivity index is 2.34. The van der Waals surface area contributed by atoms with Crippen molar-refractivity contribution in [2.75, 3.05) is 0 Å². The van der Waals surface area contributed by atoms with Crippen LogP contribution >= 0.6 is 0 Å². The van der Waals surface area contributed by atoms with E-state index in [1.165, 1.54) is 6.07 Å². The van der Waals surface area contributed by atoms with Crippen LogP contribution in [0.3, 0.4) is 0 Å². The number of hydrogen-bond acceptors (Lipinski definition) is 2. The van der Waals surface area contributed by atoms with Crippen LogP contribution in [0.5, 0.6) is 11.5 Å². The second-order valence-corrected chi connectivity index (χ2v) is 3.30. The van der Waals surface area contributed by atoms with Crippen molar-refractivity contribution in [3.05, 3.63) is 59.9 Å². The molecule has 0 aliphatic rings. The van der Waals surface area contributed by atoms with Crippen molar-refractivity contribution in [2.45, 2.75) is 6.61 Å². The summed E-state index contributed by atoms with van der Waals surface area (Å²) in [6.07, 6.45) is 0. The molecule has 0 saturated heterocycles. The summed E-state index contributed by atoms with van der Waals surface area (Å²) in [5.74, 6) is 0.147. The van der Waals surface area contributed by atoms with Crippen molar-refractivity contribution in [3.8, 4) is 11.5 Å². The molecule has 2 rings (SSSR count). The molecule has 0 unspecified atom stereocenters. The van der Waals surface area contributed by atoms with Gasteiger partial charge in [-0.2, -0.15) is 0 Å². The largest absolute Gasteiger partial charge is 0.454 e. The van der Waals surface area contributed by atoms with Gasteiger partial charge in [0.25, 0.3) is 0 Å². The number of halogens is 1. The second-order valence-electron chi connectivity index (χ2n) is 3.30. The van der Waals surface area contributed by atoms with Crippen LogP contribution in [0.2, 0.25) is 0 Å². The lowest BCUT2D eigenvalue weighted by Gasteiger charge is -2.10. The van der Waals surface area contributed by atoms with E-state index in [2.05, 4.69) is 0 Å². The zero-order chi connectivity index (χ0) is 11.4. The second kappa shape index (κ2) is 4.77. The third-order valence-corrected chi connectivity index (χ3v) is 2.18. The Morgan fingerprint density at radius 3 is 2.44 bits per heavy atom. The first-order chi connectivity index (χ1) is 7.81. The maximum Gasteiger partial charge on any atom is 0.168 e. The number of aliphatic hydroxyl groups excluding tert-OH is 1. The highest BCUT2D eigenvalue weighted by Gasteiger charge is 2.09. The third-order valence-electron chi connectivity index (χ3n) is 2.18. The quantitative estimate of drug-likeness (QED) is 0.857. The van der Waals surface area contributed by atoms with Crippen molar-refractivity contribution in [2.24, 2.45) is 0 Å². The minimum Gasteiger partial charge on any atom is -0.454 e. The van der Waals surface area contributed by atoms with E-state index in [1.807, 2.05) is 6.07 Å². The van der Waals surface area contributed by atoms with E-state index >= 15 is 0 Å². The van der Waals surface area contributed by atoms with Gasteiger partial charge < -0.3 is 9.84 Å². The van der Waals surface area contributed by atoms with Crippen LogP contribution in [0, 0.1) is 5.82 Å². The van der Waals surface area contributed by atoms with Gasteiger partial charge in [0.15, 0.2) is 11.6 Å². The van der Waals surface area contributed by atoms with E-state index in [0.29, 0.717) is 11.3 Å². The molecule has 0 fully saturated rings. The van der Waals surface area contributed by atoms with Crippen molar-refractivity contribution >= 4 is 0 Å². The average Bonchev–Trinajstić information content (AvgIpc) is 2.33. The molecule has 0 amide bonds. The summed E-state index contributed by atoms with van der Waals surface area (Å²) in [4.78, 5) is 0. The predicted molar refractivity (Wildman–Crippen MR) is 58.8 cm³/mol. The molecule has 2 aromatic rings. The lowest BCUT2D eigenvalue weighted by molar-refractivity contribution is 0.274. The van der Waals surface area contributed by atoms with Gasteiger partial charge in [-0.05, 0) is 18.2 Å². The van der Waals surface area contributed by atoms with Crippen molar-refractivity contribution in [1.29, 1.82) is 0 Å². The van der Waals surface area contributed by atoms with Crippen LogP contribution in [0.15, 0.2) is 48.5 Å². The lowest BCUT2D eigenvalue weighted by Crippen LogP contribution is -1.94. The molecule has 0 saturated carbocycles. The Bertz CT molecular complexity index is 469. The highest BCUT2D eigenvalue weighted by Crippen LogP contribution is 2.28. The number of ether oxygens (including phenoxy) is 1. The number of rotatable bonds is 3. The normalized spacial score (nSPS) is 10.1. The molecule has 0 aliphatic carbocycles. The molecule has 3 heteroatoms. The van der Waals surface area contributed by atoms with E-state index < -0.39 is 5.82 Å². The van der Waals surface area contributed by atoms with E-state index in [1.54, 1.807) is 36.4 Å². The molecule has 16 heavy (non-hydrogen) atoms. The summed E-state index contributed by atoms with van der Waals surface area (Å²) in [5.41, 5.74) is 0.434. The molecule has 0 atom stereocenters. The summed E-state index contributed by atoms with van der Waals surface area (Å²) in [5, 5.41) is 9.07. The zero-order valence-electron chi connectivity index (χ0n) is 8.56. The Kier molecular flexibility index (Phi) is 3.17. The fraction of sp³-hybridized carbons (Fsp3) is 0.0769. The van der Waals surface area contributed by atoms with Crippen LogP contribution in [-0.2, 0) is 6.61 Å². The summed E-state index contributed by atoms with van der Waals surface area (Å²) >= 11 is 0. The Hall–Kier alpha value is -1.87. The first-order valence-electron chi connectivity index (χ1n) is 4.92. The standard InChI is InChI=1S/C13H11FO2/c14-12-8-4-5-10(9-15)13(12)16-11-6-2-1-3-7-11/h1-8,15H,9H2. The first-order valence-corrected chi connectivity index (χ1v) is 4.92. The third kappa shape index (κ3) is 2.20. The van der Waals surface area contributed by atoms with Gasteiger partial charge >= 0.3 is 0 Å². The fourth-order valence-electron chi connectivity index (χ4n) is 1.40. The van der Waals surface area contributed by atoms with Gasteiger partial charge in [0, 0.05) is 5.56 Å². The minimum absolute atomic E-state index is 0.0798. The Morgan fingerprint density at radius 2 is 1.75 bits per heavy atom. The van der Waals surface area contributed by atoms with Gasteiger partial charge in [0.2, 0.25) is 0 Å². The molecule has 2 nitrogen and oxygen atoms in total. The Labute approximate surface area is 92.9 Å². The Morgan fingerprint density at radius 1 is 1.00 bits per heavy atom. The molecule has 2 aromatic carbocycles. The van der Waals surface area contributed by atoms with Crippen molar-refractivity contribution in [3.63, 3.8) is 0 Å². The van der Waals surface area contributed by atoms with Crippen LogP contribution < -0.4 is 4.74 Å². The van der Waals surface area contributed by atoms with E-state index in [-0.39, 0.29) is 12.4 Å². The first kappa shape index (κ1) is 10.6. The average molecular weight is 218 g/mol. The monoisotopic (exact) mass is 218 g/mol. The van der Waals surface area contributed by atoms with Crippen LogP contribution in [0.4, 0.5) is 4.39 Å². The molecule has 0 bridgehead atoms. The number of aliphatic hydroxyl groups is 1. The van der Waals surface area contributed by atoms with Gasteiger partial charge in [-0.25, -0.2) is 4.39 Å². The summed E-state index contributed by atoms with van der Waals surface area (Å²) in [6.45, 7) is -0.250. The van der Waals surface area contributed by atoms with Crippen LogP contribution in [0.25, 0.3) is 0 Å². The highest BCUT2D eigenvalue weighted by molar-refractivity contribution is 5.38. The number of hydrogen-bond donors (Lipinski definition) is 1. The SMILES string of the molecule is OCc1cccc(F)c1Oc1ccccc1. The number of para-hydroxylation sites is 2.